The quantitative estimate of drug-likeness (QED) is 0.588. The van der Waals surface area contributed by atoms with Gasteiger partial charge in [0.05, 0.1) is 0 Å². The highest BCUT2D eigenvalue weighted by atomic mass is 16.6. The fourth-order valence-corrected chi connectivity index (χ4v) is 1.12. The van der Waals surface area contributed by atoms with Crippen LogP contribution in [0.4, 0.5) is 0 Å². The fraction of sp³-hybridized carbons (Fsp3) is 0.625. The Morgan fingerprint density at radius 3 is 2.79 bits per heavy atom. The summed E-state index contributed by atoms with van der Waals surface area (Å²) in [4.78, 5) is 32.4. The van der Waals surface area contributed by atoms with Gasteiger partial charge in [0.2, 0.25) is 0 Å². The molecule has 14 heavy (non-hydrogen) atoms. The van der Waals surface area contributed by atoms with Gasteiger partial charge < -0.3 is 15.2 Å². The van der Waals surface area contributed by atoms with E-state index in [0.29, 0.717) is 0 Å². The molecule has 1 heterocycles. The lowest BCUT2D eigenvalue weighted by Crippen LogP contribution is -2.53. The molecule has 0 aliphatic carbocycles. The van der Waals surface area contributed by atoms with Crippen molar-refractivity contribution in [1.29, 1.82) is 0 Å². The molecule has 78 valence electrons. The number of carboxylic acid groups (broad SMARTS) is 1. The van der Waals surface area contributed by atoms with E-state index in [-0.39, 0.29) is 18.7 Å². The molecule has 0 radical (unpaired) electrons. The number of carbonyl (C=O) groups is 3. The molecule has 0 unspecified atom stereocenters. The van der Waals surface area contributed by atoms with Crippen molar-refractivity contribution in [2.75, 3.05) is 0 Å². The highest BCUT2D eigenvalue weighted by Crippen LogP contribution is 2.08. The first-order valence-corrected chi connectivity index (χ1v) is 4.23. The van der Waals surface area contributed by atoms with Crippen molar-refractivity contribution in [2.45, 2.75) is 31.9 Å². The van der Waals surface area contributed by atoms with Crippen LogP contribution in [-0.4, -0.2) is 35.1 Å². The first-order valence-electron chi connectivity index (χ1n) is 4.23. The molecular weight excluding hydrogens is 190 g/mol. The molecule has 0 aromatic rings. The zero-order valence-corrected chi connectivity index (χ0v) is 7.65. The van der Waals surface area contributed by atoms with E-state index >= 15 is 0 Å². The van der Waals surface area contributed by atoms with E-state index in [9.17, 15) is 14.4 Å². The molecule has 6 heteroatoms. The van der Waals surface area contributed by atoms with E-state index in [2.05, 4.69) is 5.32 Å². The van der Waals surface area contributed by atoms with Crippen LogP contribution in [0.25, 0.3) is 0 Å². The van der Waals surface area contributed by atoms with E-state index in [4.69, 9.17) is 9.84 Å². The van der Waals surface area contributed by atoms with Gasteiger partial charge in [-0.15, -0.1) is 0 Å². The summed E-state index contributed by atoms with van der Waals surface area (Å²) in [5.74, 6) is -1.97. The third kappa shape index (κ3) is 2.45. The maximum atomic E-state index is 11.1. The number of esters is 1. The number of carbonyl (C=O) groups excluding carboxylic acids is 2. The molecule has 0 bridgehead atoms. The minimum Gasteiger partial charge on any atom is -0.481 e. The third-order valence-corrected chi connectivity index (χ3v) is 1.91. The lowest BCUT2D eigenvalue weighted by molar-refractivity contribution is -0.164. The Kier molecular flexibility index (Phi) is 3.06. The SMILES string of the molecule is C[C@@H]1OC(=O)[C@H](CCC(=O)O)NC1=O. The molecule has 2 atom stereocenters. The number of hydrogen-bond acceptors (Lipinski definition) is 4. The van der Waals surface area contributed by atoms with Gasteiger partial charge in [-0.25, -0.2) is 4.79 Å². The number of carboxylic acids is 1. The molecule has 0 aromatic heterocycles. The summed E-state index contributed by atoms with van der Waals surface area (Å²) >= 11 is 0. The molecule has 1 fully saturated rings. The van der Waals surface area contributed by atoms with Gasteiger partial charge in [-0.2, -0.15) is 0 Å². The van der Waals surface area contributed by atoms with Crippen LogP contribution in [0.15, 0.2) is 0 Å². The zero-order valence-electron chi connectivity index (χ0n) is 7.65. The first-order chi connectivity index (χ1) is 6.50. The average molecular weight is 201 g/mol. The van der Waals surface area contributed by atoms with Crippen LogP contribution in [0.1, 0.15) is 19.8 Å². The fourth-order valence-electron chi connectivity index (χ4n) is 1.12. The second-order valence-electron chi connectivity index (χ2n) is 3.07. The predicted molar refractivity (Wildman–Crippen MR) is 44.4 cm³/mol. The Morgan fingerprint density at radius 2 is 2.21 bits per heavy atom. The van der Waals surface area contributed by atoms with Crippen molar-refractivity contribution in [3.63, 3.8) is 0 Å². The third-order valence-electron chi connectivity index (χ3n) is 1.91. The van der Waals surface area contributed by atoms with Crippen molar-refractivity contribution in [3.05, 3.63) is 0 Å². The minimum atomic E-state index is -1.01. The lowest BCUT2D eigenvalue weighted by Gasteiger charge is -2.25. The lowest BCUT2D eigenvalue weighted by atomic mass is 10.1. The molecule has 0 spiro atoms. The molecular formula is C8H11NO5. The Labute approximate surface area is 80.2 Å². The van der Waals surface area contributed by atoms with Crippen LogP contribution in [0.3, 0.4) is 0 Å². The summed E-state index contributed by atoms with van der Waals surface area (Å²) in [6.45, 7) is 1.46. The van der Waals surface area contributed by atoms with E-state index < -0.39 is 24.1 Å². The summed E-state index contributed by atoms with van der Waals surface area (Å²) < 4.78 is 4.70. The normalized spacial score (nSPS) is 26.6. The average Bonchev–Trinajstić information content (AvgIpc) is 2.09. The second-order valence-corrected chi connectivity index (χ2v) is 3.07. The van der Waals surface area contributed by atoms with E-state index in [1.165, 1.54) is 6.92 Å². The van der Waals surface area contributed by atoms with Gasteiger partial charge in [-0.1, -0.05) is 0 Å². The number of aliphatic carboxylic acids is 1. The van der Waals surface area contributed by atoms with Gasteiger partial charge in [-0.05, 0) is 13.3 Å². The highest BCUT2D eigenvalue weighted by molar-refractivity contribution is 5.92. The molecule has 2 N–H and O–H groups in total. The van der Waals surface area contributed by atoms with Gasteiger partial charge in [-0.3, -0.25) is 9.59 Å². The van der Waals surface area contributed by atoms with E-state index in [1.54, 1.807) is 0 Å². The Balaban J connectivity index is 2.49. The number of amides is 1. The standard InChI is InChI=1S/C8H11NO5/c1-4-7(12)9-5(8(13)14-4)2-3-6(10)11/h4-5H,2-3H2,1H3,(H,9,12)(H,10,11)/t4-,5-/m0/s1. The summed E-state index contributed by atoms with van der Waals surface area (Å²) in [5, 5.41) is 10.8. The number of hydrogen-bond donors (Lipinski definition) is 2. The highest BCUT2D eigenvalue weighted by Gasteiger charge is 2.33. The second kappa shape index (κ2) is 4.08. The van der Waals surface area contributed by atoms with Crippen LogP contribution in [0.2, 0.25) is 0 Å². The molecule has 0 aromatic carbocycles. The monoisotopic (exact) mass is 201 g/mol. The van der Waals surface area contributed by atoms with Crippen molar-refractivity contribution >= 4 is 17.8 Å². The summed E-state index contributed by atoms with van der Waals surface area (Å²) in [6.07, 6.45) is -0.898. The molecule has 1 aliphatic rings. The maximum Gasteiger partial charge on any atom is 0.329 e. The van der Waals surface area contributed by atoms with Crippen LogP contribution in [0.5, 0.6) is 0 Å². The first kappa shape index (κ1) is 10.5. The molecule has 1 amide bonds. The Bertz CT molecular complexity index is 275. The number of cyclic esters (lactones) is 1. The summed E-state index contributed by atoms with van der Waals surface area (Å²) in [6, 6.07) is -0.824. The van der Waals surface area contributed by atoms with Gasteiger partial charge in [0, 0.05) is 6.42 Å². The van der Waals surface area contributed by atoms with Crippen LogP contribution < -0.4 is 5.32 Å². The molecule has 0 saturated carbocycles. The molecule has 1 rings (SSSR count). The smallest absolute Gasteiger partial charge is 0.329 e. The van der Waals surface area contributed by atoms with E-state index in [0.717, 1.165) is 0 Å². The van der Waals surface area contributed by atoms with Crippen LogP contribution in [-0.2, 0) is 19.1 Å². The Morgan fingerprint density at radius 1 is 1.57 bits per heavy atom. The van der Waals surface area contributed by atoms with Crippen molar-refractivity contribution in [1.82, 2.24) is 5.32 Å². The number of rotatable bonds is 3. The van der Waals surface area contributed by atoms with Gasteiger partial charge in [0.1, 0.15) is 6.04 Å². The topological polar surface area (TPSA) is 92.7 Å². The molecule has 1 aliphatic heterocycles. The van der Waals surface area contributed by atoms with Crippen molar-refractivity contribution in [2.24, 2.45) is 0 Å². The van der Waals surface area contributed by atoms with Gasteiger partial charge in [0.15, 0.2) is 6.10 Å². The Hall–Kier alpha value is -1.59. The van der Waals surface area contributed by atoms with Crippen LogP contribution in [0, 0.1) is 0 Å². The predicted octanol–water partition coefficient (Wildman–Crippen LogP) is -0.719. The van der Waals surface area contributed by atoms with Gasteiger partial charge >= 0.3 is 11.9 Å². The van der Waals surface area contributed by atoms with Crippen molar-refractivity contribution < 1.29 is 24.2 Å². The largest absolute Gasteiger partial charge is 0.481 e. The van der Waals surface area contributed by atoms with Gasteiger partial charge in [0.25, 0.3) is 5.91 Å². The molecule has 6 nitrogen and oxygen atoms in total. The van der Waals surface area contributed by atoms with Crippen molar-refractivity contribution in [3.8, 4) is 0 Å². The molecule has 1 saturated heterocycles. The van der Waals surface area contributed by atoms with Crippen LogP contribution >= 0.6 is 0 Å². The minimum absolute atomic E-state index is 0.0621. The number of morpholine rings is 1. The number of nitrogens with one attached hydrogen (secondary N) is 1. The maximum absolute atomic E-state index is 11.1. The summed E-state index contributed by atoms with van der Waals surface area (Å²) in [5.41, 5.74) is 0. The zero-order chi connectivity index (χ0) is 10.7. The van der Waals surface area contributed by atoms with E-state index in [1.807, 2.05) is 0 Å². The number of ether oxygens (including phenoxy) is 1. The summed E-state index contributed by atoms with van der Waals surface area (Å²) in [7, 11) is 0.